The van der Waals surface area contributed by atoms with Crippen LogP contribution in [0.15, 0.2) is 116 Å². The molecule has 1 aromatic heterocycles. The van der Waals surface area contributed by atoms with Crippen LogP contribution in [0.5, 0.6) is 0 Å². The molecule has 4 aromatic carbocycles. The van der Waals surface area contributed by atoms with Crippen LogP contribution in [0.2, 0.25) is 0 Å². The summed E-state index contributed by atoms with van der Waals surface area (Å²) in [5, 5.41) is 0.326. The normalized spacial score (nSPS) is 11.8. The van der Waals surface area contributed by atoms with Crippen molar-refractivity contribution in [3.8, 4) is 11.1 Å². The molecule has 47 heavy (non-hydrogen) atoms. The SMILES string of the molecule is CCN(CC)C(=O)N(C)c1ccc(S(=O)(=O)N(c2ccc3oc(=O)c(-c4ccccc4C)cc3c2)S(=O)(=O)c2ccc(C)cc2)cc1. The number of benzene rings is 4. The molecule has 0 aliphatic heterocycles. The molecule has 0 saturated heterocycles. The van der Waals surface area contributed by atoms with Crippen LogP contribution in [-0.4, -0.2) is 47.9 Å². The second kappa shape index (κ2) is 13.0. The Morgan fingerprint density at radius 1 is 0.702 bits per heavy atom. The van der Waals surface area contributed by atoms with E-state index >= 15 is 0 Å². The van der Waals surface area contributed by atoms with E-state index in [1.54, 1.807) is 49.2 Å². The van der Waals surface area contributed by atoms with Gasteiger partial charge in [0.25, 0.3) is 20.0 Å². The smallest absolute Gasteiger partial charge is 0.344 e. The molecule has 0 saturated carbocycles. The second-order valence-electron chi connectivity index (χ2n) is 11.0. The van der Waals surface area contributed by atoms with Gasteiger partial charge in [-0.3, -0.25) is 4.90 Å². The highest BCUT2D eigenvalue weighted by molar-refractivity contribution is 8.10. The van der Waals surface area contributed by atoms with Gasteiger partial charge in [0, 0.05) is 31.2 Å². The average Bonchev–Trinajstić information content (AvgIpc) is 3.05. The lowest BCUT2D eigenvalue weighted by Gasteiger charge is -2.27. The fraction of sp³-hybridized carbons (Fsp3) is 0.200. The fourth-order valence-corrected chi connectivity index (χ4v) is 8.93. The van der Waals surface area contributed by atoms with Crippen LogP contribution in [-0.2, 0) is 20.0 Å². The van der Waals surface area contributed by atoms with Crippen molar-refractivity contribution in [1.29, 1.82) is 0 Å². The van der Waals surface area contributed by atoms with Crippen molar-refractivity contribution >= 4 is 48.4 Å². The summed E-state index contributed by atoms with van der Waals surface area (Å²) in [6.45, 7) is 8.35. The summed E-state index contributed by atoms with van der Waals surface area (Å²) in [6, 6.07) is 23.9. The van der Waals surface area contributed by atoms with Crippen molar-refractivity contribution in [3.05, 3.63) is 119 Å². The van der Waals surface area contributed by atoms with Crippen molar-refractivity contribution in [1.82, 2.24) is 4.90 Å². The largest absolute Gasteiger partial charge is 0.422 e. The van der Waals surface area contributed by atoms with Crippen molar-refractivity contribution in [2.24, 2.45) is 0 Å². The highest BCUT2D eigenvalue weighted by atomic mass is 32.3. The van der Waals surface area contributed by atoms with Gasteiger partial charge >= 0.3 is 11.7 Å². The minimum absolute atomic E-state index is 0.159. The van der Waals surface area contributed by atoms with Gasteiger partial charge in [-0.05, 0) is 99.5 Å². The van der Waals surface area contributed by atoms with E-state index in [-0.39, 0.29) is 32.7 Å². The molecule has 0 fully saturated rings. The Kier molecular flexibility index (Phi) is 9.28. The van der Waals surface area contributed by atoms with Gasteiger partial charge < -0.3 is 9.32 Å². The lowest BCUT2D eigenvalue weighted by Crippen LogP contribution is -2.41. The number of carbonyl (C=O) groups excluding carboxylic acids is 1. The maximum absolute atomic E-state index is 14.3. The van der Waals surface area contributed by atoms with Gasteiger partial charge in [-0.25, -0.2) is 26.4 Å². The van der Waals surface area contributed by atoms with Crippen LogP contribution in [0.25, 0.3) is 22.1 Å². The molecule has 0 N–H and O–H groups in total. The first-order valence-electron chi connectivity index (χ1n) is 14.9. The molecule has 0 aliphatic rings. The molecule has 0 spiro atoms. The number of rotatable bonds is 9. The van der Waals surface area contributed by atoms with Gasteiger partial charge in [0.1, 0.15) is 5.58 Å². The number of urea groups is 1. The maximum Gasteiger partial charge on any atom is 0.344 e. The number of fused-ring (bicyclic) bond motifs is 1. The predicted molar refractivity (Wildman–Crippen MR) is 184 cm³/mol. The Hall–Kier alpha value is -4.94. The summed E-state index contributed by atoms with van der Waals surface area (Å²) in [6.07, 6.45) is 0. The molecular formula is C35H35N3O7S2. The number of aryl methyl sites for hydroxylation is 2. The summed E-state index contributed by atoms with van der Waals surface area (Å²) in [7, 11) is -7.88. The number of sulfonamides is 2. The first kappa shape index (κ1) is 33.4. The number of carbonyl (C=O) groups is 1. The van der Waals surface area contributed by atoms with E-state index in [1.165, 1.54) is 59.5 Å². The molecule has 10 nitrogen and oxygen atoms in total. The minimum Gasteiger partial charge on any atom is -0.422 e. The van der Waals surface area contributed by atoms with Crippen molar-refractivity contribution in [3.63, 3.8) is 0 Å². The van der Waals surface area contributed by atoms with Crippen LogP contribution in [0.4, 0.5) is 16.2 Å². The second-order valence-corrected chi connectivity index (χ2v) is 14.8. The van der Waals surface area contributed by atoms with E-state index in [4.69, 9.17) is 4.42 Å². The lowest BCUT2D eigenvalue weighted by atomic mass is 10.0. The third kappa shape index (κ3) is 6.38. The zero-order chi connectivity index (χ0) is 34.1. The Balaban J connectivity index is 1.66. The summed E-state index contributed by atoms with van der Waals surface area (Å²) < 4.78 is 63.1. The standard InChI is InChI=1S/C35H35N3O7S2/c1-6-37(7-2)35(40)36(5)27-14-19-30(20-15-27)47(43,44)38(46(41,42)29-17-12-24(3)13-18-29)28-16-21-33-26(22-28)23-32(34(39)45-33)31-11-9-8-10-25(31)4/h8-23H,6-7H2,1-5H3. The van der Waals surface area contributed by atoms with Gasteiger partial charge in [0.15, 0.2) is 0 Å². The van der Waals surface area contributed by atoms with Crippen LogP contribution in [0.3, 0.4) is 0 Å². The molecule has 5 rings (SSSR count). The summed E-state index contributed by atoms with van der Waals surface area (Å²) in [5.74, 6) is 0. The number of amides is 2. The third-order valence-corrected chi connectivity index (χ3v) is 12.2. The lowest BCUT2D eigenvalue weighted by molar-refractivity contribution is 0.211. The zero-order valence-electron chi connectivity index (χ0n) is 26.7. The van der Waals surface area contributed by atoms with Crippen LogP contribution >= 0.6 is 0 Å². The topological polar surface area (TPSA) is 125 Å². The van der Waals surface area contributed by atoms with Gasteiger partial charge in [-0.2, -0.15) is 3.71 Å². The van der Waals surface area contributed by atoms with Crippen molar-refractivity contribution in [2.45, 2.75) is 37.5 Å². The molecule has 0 aliphatic carbocycles. The van der Waals surface area contributed by atoms with Crippen molar-refractivity contribution in [2.75, 3.05) is 28.7 Å². The summed E-state index contributed by atoms with van der Waals surface area (Å²) >= 11 is 0. The Bertz CT molecular complexity index is 2230. The first-order valence-corrected chi connectivity index (χ1v) is 17.8. The zero-order valence-corrected chi connectivity index (χ0v) is 28.3. The van der Waals surface area contributed by atoms with E-state index in [9.17, 15) is 26.4 Å². The predicted octanol–water partition coefficient (Wildman–Crippen LogP) is 6.56. The first-order chi connectivity index (χ1) is 22.3. The summed E-state index contributed by atoms with van der Waals surface area (Å²) in [4.78, 5) is 28.3. The van der Waals surface area contributed by atoms with E-state index in [2.05, 4.69) is 0 Å². The summed E-state index contributed by atoms with van der Waals surface area (Å²) in [5.41, 5.74) is 2.33. The Labute approximate surface area is 274 Å². The molecule has 12 heteroatoms. The highest BCUT2D eigenvalue weighted by Gasteiger charge is 2.37. The van der Waals surface area contributed by atoms with E-state index in [0.717, 1.165) is 11.1 Å². The molecular weight excluding hydrogens is 639 g/mol. The Morgan fingerprint density at radius 3 is 1.83 bits per heavy atom. The van der Waals surface area contributed by atoms with Crippen molar-refractivity contribution < 1.29 is 26.0 Å². The Morgan fingerprint density at radius 2 is 1.26 bits per heavy atom. The molecule has 2 amide bonds. The van der Waals surface area contributed by atoms with Crippen LogP contribution < -0.4 is 14.2 Å². The monoisotopic (exact) mass is 673 g/mol. The van der Waals surface area contributed by atoms with Crippen LogP contribution in [0, 0.1) is 13.8 Å². The molecule has 0 radical (unpaired) electrons. The number of hydrogen-bond acceptors (Lipinski definition) is 7. The van der Waals surface area contributed by atoms with Gasteiger partial charge in [0.2, 0.25) is 0 Å². The third-order valence-electron chi connectivity index (χ3n) is 7.96. The minimum atomic E-state index is -4.77. The molecule has 244 valence electrons. The molecule has 0 atom stereocenters. The maximum atomic E-state index is 14.3. The van der Waals surface area contributed by atoms with E-state index in [0.29, 0.717) is 33.4 Å². The quantitative estimate of drug-likeness (QED) is 0.162. The molecule has 5 aromatic rings. The molecule has 0 bridgehead atoms. The average molecular weight is 674 g/mol. The van der Waals surface area contributed by atoms with E-state index in [1.807, 2.05) is 32.9 Å². The van der Waals surface area contributed by atoms with Gasteiger partial charge in [-0.1, -0.05) is 42.0 Å². The number of hydrogen-bond donors (Lipinski definition) is 0. The molecule has 1 heterocycles. The fourth-order valence-electron chi connectivity index (χ4n) is 5.25. The number of anilines is 2. The van der Waals surface area contributed by atoms with Gasteiger partial charge in [-0.15, -0.1) is 0 Å². The highest BCUT2D eigenvalue weighted by Crippen LogP contribution is 2.34. The van der Waals surface area contributed by atoms with E-state index < -0.39 is 25.7 Å². The molecule has 0 unspecified atom stereocenters. The number of nitrogens with zero attached hydrogens (tertiary/aromatic N) is 3. The van der Waals surface area contributed by atoms with Gasteiger partial charge in [0.05, 0.1) is 21.0 Å². The van der Waals surface area contributed by atoms with Crippen LogP contribution in [0.1, 0.15) is 25.0 Å².